The summed E-state index contributed by atoms with van der Waals surface area (Å²) in [6.07, 6.45) is 4.09. The van der Waals surface area contributed by atoms with E-state index in [9.17, 15) is 14.4 Å². The molecule has 1 saturated heterocycles. The molecule has 1 aliphatic rings. The Morgan fingerprint density at radius 3 is 2.46 bits per heavy atom. The summed E-state index contributed by atoms with van der Waals surface area (Å²) in [5, 5.41) is 5.50. The fourth-order valence-corrected chi connectivity index (χ4v) is 3.24. The highest BCUT2D eigenvalue weighted by molar-refractivity contribution is 5.95. The van der Waals surface area contributed by atoms with Gasteiger partial charge in [0.1, 0.15) is 6.04 Å². The summed E-state index contributed by atoms with van der Waals surface area (Å²) in [5.74, 6) is -0.570. The Labute approximate surface area is 164 Å². The second kappa shape index (κ2) is 9.73. The fourth-order valence-electron chi connectivity index (χ4n) is 3.24. The highest BCUT2D eigenvalue weighted by Gasteiger charge is 2.23. The summed E-state index contributed by atoms with van der Waals surface area (Å²) in [7, 11) is 0. The zero-order valence-electron chi connectivity index (χ0n) is 15.7. The van der Waals surface area contributed by atoms with Crippen LogP contribution in [-0.2, 0) is 16.0 Å². The first-order valence-corrected chi connectivity index (χ1v) is 9.57. The van der Waals surface area contributed by atoms with Crippen LogP contribution in [-0.4, -0.2) is 48.3 Å². The van der Waals surface area contributed by atoms with Gasteiger partial charge < -0.3 is 20.0 Å². The van der Waals surface area contributed by atoms with Gasteiger partial charge in [0.25, 0.3) is 5.91 Å². The lowest BCUT2D eigenvalue weighted by molar-refractivity contribution is -0.130. The number of likely N-dealkylation sites (tertiary alicyclic amines) is 1. The zero-order chi connectivity index (χ0) is 19.8. The molecule has 28 heavy (non-hydrogen) atoms. The molecule has 1 aromatic carbocycles. The Morgan fingerprint density at radius 2 is 1.79 bits per heavy atom. The van der Waals surface area contributed by atoms with E-state index in [0.29, 0.717) is 6.42 Å². The molecule has 148 valence electrons. The molecule has 2 heterocycles. The third-order valence-corrected chi connectivity index (χ3v) is 4.75. The molecule has 1 aliphatic heterocycles. The summed E-state index contributed by atoms with van der Waals surface area (Å²) in [5.41, 5.74) is 0.926. The van der Waals surface area contributed by atoms with E-state index in [1.807, 2.05) is 35.2 Å². The molecular weight excluding hydrogens is 358 g/mol. The number of rotatable bonds is 8. The smallest absolute Gasteiger partial charge is 0.287 e. The minimum Gasteiger partial charge on any atom is -0.459 e. The number of carbonyl (C=O) groups excluding carboxylic acids is 3. The van der Waals surface area contributed by atoms with E-state index in [0.717, 1.165) is 31.5 Å². The van der Waals surface area contributed by atoms with Gasteiger partial charge in [-0.25, -0.2) is 0 Å². The van der Waals surface area contributed by atoms with Crippen LogP contribution in [0.25, 0.3) is 0 Å². The molecule has 2 N–H and O–H groups in total. The second-order valence-electron chi connectivity index (χ2n) is 6.82. The number of carbonyl (C=O) groups is 3. The molecule has 1 aromatic heterocycles. The molecule has 0 radical (unpaired) electrons. The molecule has 1 unspecified atom stereocenters. The van der Waals surface area contributed by atoms with Gasteiger partial charge in [0.15, 0.2) is 5.76 Å². The van der Waals surface area contributed by atoms with Gasteiger partial charge in [-0.05, 0) is 30.5 Å². The first-order valence-electron chi connectivity index (χ1n) is 9.57. The standard InChI is InChI=1S/C21H25N3O4/c25-19(24-12-4-5-13-24)10-11-22-20(26)17(15-16-7-2-1-3-8-16)23-21(27)18-9-6-14-28-18/h1-3,6-9,14,17H,4-5,10-13,15H2,(H,22,26)(H,23,27). The topological polar surface area (TPSA) is 91.7 Å². The normalized spacial score (nSPS) is 14.5. The van der Waals surface area contributed by atoms with E-state index in [1.54, 1.807) is 12.1 Å². The molecule has 1 fully saturated rings. The summed E-state index contributed by atoms with van der Waals surface area (Å²) in [4.78, 5) is 38.9. The van der Waals surface area contributed by atoms with Crippen LogP contribution >= 0.6 is 0 Å². The predicted octanol–water partition coefficient (Wildman–Crippen LogP) is 1.75. The van der Waals surface area contributed by atoms with E-state index in [1.165, 1.54) is 6.26 Å². The monoisotopic (exact) mass is 383 g/mol. The molecule has 1 atom stereocenters. The maximum atomic E-state index is 12.7. The number of hydrogen-bond acceptors (Lipinski definition) is 4. The lowest BCUT2D eigenvalue weighted by Gasteiger charge is -2.19. The fraction of sp³-hybridized carbons (Fsp3) is 0.381. The lowest BCUT2D eigenvalue weighted by atomic mass is 10.0. The minimum absolute atomic E-state index is 0.0528. The third-order valence-electron chi connectivity index (χ3n) is 4.75. The van der Waals surface area contributed by atoms with Gasteiger partial charge in [-0.15, -0.1) is 0 Å². The van der Waals surface area contributed by atoms with Crippen molar-refractivity contribution in [2.45, 2.75) is 31.7 Å². The van der Waals surface area contributed by atoms with Crippen LogP contribution in [0.3, 0.4) is 0 Å². The maximum Gasteiger partial charge on any atom is 0.287 e. The molecule has 0 spiro atoms. The van der Waals surface area contributed by atoms with E-state index >= 15 is 0 Å². The molecule has 0 saturated carbocycles. The molecule has 0 bridgehead atoms. The maximum absolute atomic E-state index is 12.7. The second-order valence-corrected chi connectivity index (χ2v) is 6.82. The van der Waals surface area contributed by atoms with Gasteiger partial charge in [-0.2, -0.15) is 0 Å². The van der Waals surface area contributed by atoms with Crippen molar-refractivity contribution in [2.75, 3.05) is 19.6 Å². The first-order chi connectivity index (χ1) is 13.6. The van der Waals surface area contributed by atoms with Crippen LogP contribution in [0.5, 0.6) is 0 Å². The van der Waals surface area contributed by atoms with Crippen molar-refractivity contribution in [2.24, 2.45) is 0 Å². The number of nitrogens with zero attached hydrogens (tertiary/aromatic N) is 1. The number of benzene rings is 1. The van der Waals surface area contributed by atoms with Crippen molar-refractivity contribution in [1.29, 1.82) is 0 Å². The van der Waals surface area contributed by atoms with Crippen molar-refractivity contribution in [3.63, 3.8) is 0 Å². The third kappa shape index (κ3) is 5.45. The largest absolute Gasteiger partial charge is 0.459 e. The minimum atomic E-state index is -0.762. The lowest BCUT2D eigenvalue weighted by Crippen LogP contribution is -2.48. The Kier molecular flexibility index (Phi) is 6.84. The van der Waals surface area contributed by atoms with Crippen LogP contribution in [0.15, 0.2) is 53.1 Å². The Balaban J connectivity index is 1.57. The summed E-state index contributed by atoms with van der Waals surface area (Å²) in [6.45, 7) is 1.83. The predicted molar refractivity (Wildman–Crippen MR) is 104 cm³/mol. The van der Waals surface area contributed by atoms with Crippen molar-refractivity contribution >= 4 is 17.7 Å². The first kappa shape index (κ1) is 19.7. The summed E-state index contributed by atoms with van der Waals surface area (Å²) < 4.78 is 5.10. The van der Waals surface area contributed by atoms with Crippen LogP contribution in [0.2, 0.25) is 0 Å². The average molecular weight is 383 g/mol. The van der Waals surface area contributed by atoms with Crippen LogP contribution in [0.1, 0.15) is 35.4 Å². The molecular formula is C21H25N3O4. The molecule has 3 amide bonds. The van der Waals surface area contributed by atoms with E-state index in [2.05, 4.69) is 10.6 Å². The molecule has 7 nitrogen and oxygen atoms in total. The Hall–Kier alpha value is -3.09. The quantitative estimate of drug-likeness (QED) is 0.726. The highest BCUT2D eigenvalue weighted by Crippen LogP contribution is 2.09. The van der Waals surface area contributed by atoms with Crippen molar-refractivity contribution < 1.29 is 18.8 Å². The van der Waals surface area contributed by atoms with E-state index < -0.39 is 11.9 Å². The van der Waals surface area contributed by atoms with Gasteiger partial charge in [-0.3, -0.25) is 14.4 Å². The van der Waals surface area contributed by atoms with Crippen molar-refractivity contribution in [3.8, 4) is 0 Å². The number of nitrogens with one attached hydrogen (secondary N) is 2. The van der Waals surface area contributed by atoms with Crippen molar-refractivity contribution in [3.05, 3.63) is 60.1 Å². The SMILES string of the molecule is O=C(NC(Cc1ccccc1)C(=O)NCCC(=O)N1CCCC1)c1ccco1. The Morgan fingerprint density at radius 1 is 1.04 bits per heavy atom. The number of furan rings is 1. The van der Waals surface area contributed by atoms with Crippen LogP contribution in [0.4, 0.5) is 0 Å². The zero-order valence-corrected chi connectivity index (χ0v) is 15.7. The van der Waals surface area contributed by atoms with Crippen LogP contribution < -0.4 is 10.6 Å². The van der Waals surface area contributed by atoms with E-state index in [-0.39, 0.29) is 30.5 Å². The molecule has 3 rings (SSSR count). The van der Waals surface area contributed by atoms with Gasteiger partial charge >= 0.3 is 0 Å². The van der Waals surface area contributed by atoms with Crippen molar-refractivity contribution in [1.82, 2.24) is 15.5 Å². The van der Waals surface area contributed by atoms with Gasteiger partial charge in [0, 0.05) is 32.5 Å². The molecule has 7 heteroatoms. The molecule has 2 aromatic rings. The van der Waals surface area contributed by atoms with E-state index in [4.69, 9.17) is 4.42 Å². The molecule has 0 aliphatic carbocycles. The van der Waals surface area contributed by atoms with Gasteiger partial charge in [0.2, 0.25) is 11.8 Å². The van der Waals surface area contributed by atoms with Gasteiger partial charge in [0.05, 0.1) is 6.26 Å². The highest BCUT2D eigenvalue weighted by atomic mass is 16.3. The Bertz CT molecular complexity index is 783. The number of amides is 3. The average Bonchev–Trinajstić information content (AvgIpc) is 3.42. The van der Waals surface area contributed by atoms with Crippen LogP contribution in [0, 0.1) is 0 Å². The van der Waals surface area contributed by atoms with Gasteiger partial charge in [-0.1, -0.05) is 30.3 Å². The number of hydrogen-bond donors (Lipinski definition) is 2. The summed E-state index contributed by atoms with van der Waals surface area (Å²) in [6, 6.07) is 11.9. The summed E-state index contributed by atoms with van der Waals surface area (Å²) >= 11 is 0.